The van der Waals surface area contributed by atoms with Gasteiger partial charge in [0.05, 0.1) is 6.10 Å². The van der Waals surface area contributed by atoms with Crippen LogP contribution < -0.4 is 5.73 Å². The van der Waals surface area contributed by atoms with Crippen molar-refractivity contribution in [2.24, 2.45) is 17.6 Å². The van der Waals surface area contributed by atoms with Crippen molar-refractivity contribution in [2.75, 3.05) is 19.6 Å². The van der Waals surface area contributed by atoms with Gasteiger partial charge in [-0.3, -0.25) is 4.79 Å². The molecule has 2 fully saturated rings. The minimum absolute atomic E-state index is 0. The van der Waals surface area contributed by atoms with Gasteiger partial charge in [-0.05, 0) is 37.5 Å². The summed E-state index contributed by atoms with van der Waals surface area (Å²) in [5, 5.41) is 0. The van der Waals surface area contributed by atoms with E-state index in [0.717, 1.165) is 50.6 Å². The average molecular weight is 291 g/mol. The van der Waals surface area contributed by atoms with E-state index in [1.807, 2.05) is 4.90 Å². The summed E-state index contributed by atoms with van der Waals surface area (Å²) >= 11 is 0. The van der Waals surface area contributed by atoms with Crippen LogP contribution in [0.5, 0.6) is 0 Å². The summed E-state index contributed by atoms with van der Waals surface area (Å²) in [5.74, 6) is 1.69. The summed E-state index contributed by atoms with van der Waals surface area (Å²) in [6.45, 7) is 6.87. The Balaban J connectivity index is 0.00000180. The number of nitrogens with zero attached hydrogens (tertiary/aromatic N) is 1. The molecule has 5 heteroatoms. The van der Waals surface area contributed by atoms with E-state index in [1.165, 1.54) is 0 Å². The maximum Gasteiger partial charge on any atom is 0.251 e. The lowest BCUT2D eigenvalue weighted by molar-refractivity contribution is -0.144. The summed E-state index contributed by atoms with van der Waals surface area (Å²) in [5.41, 5.74) is 5.58. The third-order valence-corrected chi connectivity index (χ3v) is 4.44. The second kappa shape index (κ2) is 7.46. The van der Waals surface area contributed by atoms with Crippen LogP contribution in [0, 0.1) is 11.8 Å². The minimum Gasteiger partial charge on any atom is -0.364 e. The molecule has 2 aliphatic rings. The number of amides is 1. The number of carbonyl (C=O) groups excluding carboxylic acids is 1. The van der Waals surface area contributed by atoms with E-state index in [9.17, 15) is 4.79 Å². The van der Waals surface area contributed by atoms with E-state index in [-0.39, 0.29) is 30.5 Å². The topological polar surface area (TPSA) is 55.6 Å². The molecule has 2 aliphatic heterocycles. The summed E-state index contributed by atoms with van der Waals surface area (Å²) in [7, 11) is 0. The van der Waals surface area contributed by atoms with E-state index in [4.69, 9.17) is 10.5 Å². The van der Waals surface area contributed by atoms with Gasteiger partial charge in [-0.25, -0.2) is 0 Å². The van der Waals surface area contributed by atoms with Gasteiger partial charge in [0.1, 0.15) is 6.10 Å². The summed E-state index contributed by atoms with van der Waals surface area (Å²) in [6, 6.07) is 0. The molecule has 0 aliphatic carbocycles. The lowest BCUT2D eigenvalue weighted by Crippen LogP contribution is -2.44. The van der Waals surface area contributed by atoms with Crippen LogP contribution in [0.1, 0.15) is 39.5 Å². The highest BCUT2D eigenvalue weighted by molar-refractivity contribution is 5.85. The highest BCUT2D eigenvalue weighted by Gasteiger charge is 2.34. The number of hydrogen-bond donors (Lipinski definition) is 1. The zero-order chi connectivity index (χ0) is 13.1. The predicted molar refractivity (Wildman–Crippen MR) is 78.3 cm³/mol. The molecule has 0 unspecified atom stereocenters. The molecule has 0 bridgehead atoms. The van der Waals surface area contributed by atoms with Gasteiger partial charge in [0.2, 0.25) is 0 Å². The minimum atomic E-state index is -0.228. The molecule has 19 heavy (non-hydrogen) atoms. The van der Waals surface area contributed by atoms with Crippen molar-refractivity contribution in [2.45, 2.75) is 51.7 Å². The Morgan fingerprint density at radius 3 is 2.37 bits per heavy atom. The number of hydrogen-bond acceptors (Lipinski definition) is 3. The fourth-order valence-electron chi connectivity index (χ4n) is 3.05. The van der Waals surface area contributed by atoms with E-state index in [2.05, 4.69) is 13.8 Å². The van der Waals surface area contributed by atoms with E-state index in [1.54, 1.807) is 0 Å². The Hall–Kier alpha value is -0.320. The van der Waals surface area contributed by atoms with Gasteiger partial charge in [0.15, 0.2) is 0 Å². The predicted octanol–water partition coefficient (Wildman–Crippen LogP) is 1.81. The molecule has 1 amide bonds. The van der Waals surface area contributed by atoms with Crippen LogP contribution in [-0.4, -0.2) is 42.6 Å². The second-order valence-corrected chi connectivity index (χ2v) is 5.97. The van der Waals surface area contributed by atoms with Gasteiger partial charge in [-0.15, -0.1) is 12.4 Å². The van der Waals surface area contributed by atoms with Gasteiger partial charge in [-0.1, -0.05) is 13.8 Å². The third kappa shape index (κ3) is 4.07. The summed E-state index contributed by atoms with van der Waals surface area (Å²) in [4.78, 5) is 14.3. The molecule has 2 rings (SSSR count). The fourth-order valence-corrected chi connectivity index (χ4v) is 3.05. The molecule has 0 aromatic heterocycles. The monoisotopic (exact) mass is 290 g/mol. The number of carbonyl (C=O) groups is 1. The van der Waals surface area contributed by atoms with Crippen molar-refractivity contribution in [3.8, 4) is 0 Å². The van der Waals surface area contributed by atoms with Crippen LogP contribution in [0.4, 0.5) is 0 Å². The fraction of sp³-hybridized carbons (Fsp3) is 0.929. The van der Waals surface area contributed by atoms with Crippen LogP contribution in [0.25, 0.3) is 0 Å². The average Bonchev–Trinajstić information content (AvgIpc) is 2.86. The largest absolute Gasteiger partial charge is 0.364 e. The van der Waals surface area contributed by atoms with Crippen LogP contribution in [0.3, 0.4) is 0 Å². The molecule has 0 radical (unpaired) electrons. The summed E-state index contributed by atoms with van der Waals surface area (Å²) < 4.78 is 5.68. The van der Waals surface area contributed by atoms with Crippen molar-refractivity contribution < 1.29 is 9.53 Å². The quantitative estimate of drug-likeness (QED) is 0.862. The number of piperidine rings is 1. The van der Waals surface area contributed by atoms with E-state index >= 15 is 0 Å². The van der Waals surface area contributed by atoms with Crippen LogP contribution in [0.2, 0.25) is 0 Å². The first-order chi connectivity index (χ1) is 8.61. The van der Waals surface area contributed by atoms with Gasteiger partial charge in [0.25, 0.3) is 5.91 Å². The smallest absolute Gasteiger partial charge is 0.251 e. The number of halogens is 1. The van der Waals surface area contributed by atoms with Crippen molar-refractivity contribution in [3.05, 3.63) is 0 Å². The molecule has 2 atom stereocenters. The number of nitrogens with two attached hydrogens (primary N) is 1. The second-order valence-electron chi connectivity index (χ2n) is 5.97. The highest BCUT2D eigenvalue weighted by Crippen LogP contribution is 2.27. The Morgan fingerprint density at radius 2 is 1.89 bits per heavy atom. The Labute approximate surface area is 122 Å². The zero-order valence-electron chi connectivity index (χ0n) is 12.0. The number of ether oxygens (including phenoxy) is 1. The Bertz CT molecular complexity index is 291. The zero-order valence-corrected chi connectivity index (χ0v) is 12.8. The molecule has 2 saturated heterocycles. The van der Waals surface area contributed by atoms with Gasteiger partial charge in [-0.2, -0.15) is 0 Å². The maximum atomic E-state index is 12.3. The lowest BCUT2D eigenvalue weighted by Gasteiger charge is -2.35. The molecule has 0 aromatic rings. The lowest BCUT2D eigenvalue weighted by atomic mass is 9.86. The number of rotatable bonds is 3. The van der Waals surface area contributed by atoms with Crippen molar-refractivity contribution in [3.63, 3.8) is 0 Å². The molecule has 2 heterocycles. The molecule has 4 nitrogen and oxygen atoms in total. The first-order valence-corrected chi connectivity index (χ1v) is 7.26. The summed E-state index contributed by atoms with van der Waals surface area (Å²) in [6.07, 6.45) is 3.90. The standard InChI is InChI=1S/C14H26N2O2.ClH/c1-10(2)11-5-7-16(8-6-11)14(17)13-4-3-12(9-15)18-13;/h10-13H,3-9,15H2,1-2H3;1H/t12-,13+;/m1./s1. The van der Waals surface area contributed by atoms with Crippen LogP contribution in [-0.2, 0) is 9.53 Å². The van der Waals surface area contributed by atoms with Gasteiger partial charge in [0, 0.05) is 19.6 Å². The Morgan fingerprint density at radius 1 is 1.26 bits per heavy atom. The van der Waals surface area contributed by atoms with Crippen molar-refractivity contribution in [1.82, 2.24) is 4.90 Å². The SMILES string of the molecule is CC(C)C1CCN(C(=O)[C@@H]2CC[C@H](CN)O2)CC1.Cl. The third-order valence-electron chi connectivity index (χ3n) is 4.44. The van der Waals surface area contributed by atoms with Gasteiger partial charge < -0.3 is 15.4 Å². The van der Waals surface area contributed by atoms with Gasteiger partial charge >= 0.3 is 0 Å². The first-order valence-electron chi connectivity index (χ1n) is 7.26. The first kappa shape index (κ1) is 16.7. The van der Waals surface area contributed by atoms with Crippen LogP contribution >= 0.6 is 12.4 Å². The number of likely N-dealkylation sites (tertiary alicyclic amines) is 1. The molecule has 2 N–H and O–H groups in total. The normalized spacial score (nSPS) is 28.5. The maximum absolute atomic E-state index is 12.3. The molecular weight excluding hydrogens is 264 g/mol. The molecule has 0 aromatic carbocycles. The van der Waals surface area contributed by atoms with Crippen molar-refractivity contribution in [1.29, 1.82) is 0 Å². The van der Waals surface area contributed by atoms with Crippen LogP contribution in [0.15, 0.2) is 0 Å². The molecule has 0 saturated carbocycles. The molecular formula is C14H27ClN2O2. The van der Waals surface area contributed by atoms with E-state index < -0.39 is 0 Å². The molecule has 0 spiro atoms. The van der Waals surface area contributed by atoms with E-state index in [0.29, 0.717) is 6.54 Å². The highest BCUT2D eigenvalue weighted by atomic mass is 35.5. The Kier molecular flexibility index (Phi) is 6.57. The van der Waals surface area contributed by atoms with Crippen molar-refractivity contribution >= 4 is 18.3 Å². The molecule has 112 valence electrons.